The van der Waals surface area contributed by atoms with Crippen LogP contribution in [0.4, 0.5) is 0 Å². The molecule has 31 heavy (non-hydrogen) atoms. The average Bonchev–Trinajstić information content (AvgIpc) is 2.70. The highest BCUT2D eigenvalue weighted by Gasteiger charge is 2.32. The van der Waals surface area contributed by atoms with Crippen molar-refractivity contribution in [2.75, 3.05) is 6.54 Å². The molecule has 0 aliphatic rings. The lowest BCUT2D eigenvalue weighted by atomic mass is 9.97. The highest BCUT2D eigenvalue weighted by Crippen LogP contribution is 2.11. The fourth-order valence-electron chi connectivity index (χ4n) is 2.55. The van der Waals surface area contributed by atoms with Crippen LogP contribution in [0.3, 0.4) is 0 Å². The Hall–Kier alpha value is -3.22. The lowest BCUT2D eigenvalue weighted by Crippen LogP contribution is -2.58. The summed E-state index contributed by atoms with van der Waals surface area (Å²) in [4.78, 5) is 70.1. The van der Waals surface area contributed by atoms with Crippen molar-refractivity contribution in [1.82, 2.24) is 16.0 Å². The molecule has 0 radical (unpaired) electrons. The Kier molecular flexibility index (Phi) is 12.5. The van der Waals surface area contributed by atoms with E-state index in [0.29, 0.717) is 6.42 Å². The largest absolute Gasteiger partial charge is 0.481 e. The maximum atomic E-state index is 12.7. The Morgan fingerprint density at radius 3 is 1.90 bits per heavy atom. The first-order valence-corrected chi connectivity index (χ1v) is 9.75. The fourth-order valence-corrected chi connectivity index (χ4v) is 2.55. The molecule has 0 aromatic carbocycles. The number of hydrogen-bond donors (Lipinski definition) is 7. The highest BCUT2D eigenvalue weighted by atomic mass is 16.4. The van der Waals surface area contributed by atoms with Gasteiger partial charge in [0.05, 0.1) is 6.54 Å². The molecule has 13 nitrogen and oxygen atoms in total. The standard InChI is InChI=1S/C18H31N5O8/c1-3-9(2)15(17(29)22-11(18(30)31)5-7-14(26)27)23-16(28)10(4-6-12(20)24)21-13(25)8-19/h9-11,15H,3-8,19H2,1-2H3,(H2,20,24)(H,21,25)(H,22,29)(H,23,28)(H,26,27)(H,30,31). The Balaban J connectivity index is 5.45. The first kappa shape index (κ1) is 27.8. The Morgan fingerprint density at radius 1 is 0.871 bits per heavy atom. The molecule has 0 spiro atoms. The zero-order valence-electron chi connectivity index (χ0n) is 17.6. The van der Waals surface area contributed by atoms with Crippen molar-refractivity contribution in [3.63, 3.8) is 0 Å². The van der Waals surface area contributed by atoms with Crippen LogP contribution in [0, 0.1) is 5.92 Å². The van der Waals surface area contributed by atoms with Gasteiger partial charge in [0.1, 0.15) is 18.1 Å². The highest BCUT2D eigenvalue weighted by molar-refractivity contribution is 5.94. The zero-order valence-corrected chi connectivity index (χ0v) is 17.6. The summed E-state index contributed by atoms with van der Waals surface area (Å²) >= 11 is 0. The molecule has 176 valence electrons. The molecule has 0 aliphatic heterocycles. The smallest absolute Gasteiger partial charge is 0.326 e. The normalized spacial score (nSPS) is 14.4. The molecule has 9 N–H and O–H groups in total. The summed E-state index contributed by atoms with van der Waals surface area (Å²) in [5.74, 6) is -6.02. The van der Waals surface area contributed by atoms with Crippen molar-refractivity contribution in [3.05, 3.63) is 0 Å². The van der Waals surface area contributed by atoms with Gasteiger partial charge in [0.2, 0.25) is 23.6 Å². The quantitative estimate of drug-likeness (QED) is 0.143. The van der Waals surface area contributed by atoms with Gasteiger partial charge in [0.15, 0.2) is 0 Å². The molecule has 0 saturated heterocycles. The van der Waals surface area contributed by atoms with Crippen molar-refractivity contribution in [1.29, 1.82) is 0 Å². The number of nitrogens with one attached hydrogen (secondary N) is 3. The van der Waals surface area contributed by atoms with Crippen molar-refractivity contribution >= 4 is 35.6 Å². The minimum absolute atomic E-state index is 0.127. The van der Waals surface area contributed by atoms with Crippen molar-refractivity contribution in [3.8, 4) is 0 Å². The summed E-state index contributed by atoms with van der Waals surface area (Å²) in [6.07, 6.45) is -0.715. The Labute approximate surface area is 179 Å². The molecule has 0 rings (SSSR count). The molecule has 0 saturated carbocycles. The van der Waals surface area contributed by atoms with E-state index in [1.807, 2.05) is 0 Å². The van der Waals surface area contributed by atoms with E-state index in [0.717, 1.165) is 0 Å². The molecule has 0 fully saturated rings. The molecule has 0 aromatic heterocycles. The van der Waals surface area contributed by atoms with Crippen LogP contribution in [0.2, 0.25) is 0 Å². The molecule has 13 heteroatoms. The molecular weight excluding hydrogens is 414 g/mol. The van der Waals surface area contributed by atoms with Crippen LogP contribution in [-0.4, -0.2) is 70.5 Å². The summed E-state index contributed by atoms with van der Waals surface area (Å²) in [5.41, 5.74) is 10.3. The van der Waals surface area contributed by atoms with Crippen LogP contribution in [0.5, 0.6) is 0 Å². The first-order chi connectivity index (χ1) is 14.4. The van der Waals surface area contributed by atoms with Gasteiger partial charge in [0, 0.05) is 12.8 Å². The lowest BCUT2D eigenvalue weighted by molar-refractivity contribution is -0.143. The molecular formula is C18H31N5O8. The fraction of sp³-hybridized carbons (Fsp3) is 0.667. The van der Waals surface area contributed by atoms with Crippen LogP contribution in [-0.2, 0) is 28.8 Å². The Morgan fingerprint density at radius 2 is 1.45 bits per heavy atom. The predicted octanol–water partition coefficient (Wildman–Crippen LogP) is -2.34. The molecule has 4 unspecified atom stereocenters. The van der Waals surface area contributed by atoms with Crippen molar-refractivity contribution in [2.24, 2.45) is 17.4 Å². The van der Waals surface area contributed by atoms with Gasteiger partial charge < -0.3 is 37.6 Å². The summed E-state index contributed by atoms with van der Waals surface area (Å²) < 4.78 is 0. The van der Waals surface area contributed by atoms with E-state index in [-0.39, 0.29) is 19.3 Å². The number of carbonyl (C=O) groups is 6. The number of rotatable bonds is 15. The van der Waals surface area contributed by atoms with Crippen LogP contribution < -0.4 is 27.4 Å². The van der Waals surface area contributed by atoms with Gasteiger partial charge in [-0.05, 0) is 18.8 Å². The van der Waals surface area contributed by atoms with Crippen LogP contribution >= 0.6 is 0 Å². The Bertz CT molecular complexity index is 684. The van der Waals surface area contributed by atoms with E-state index in [2.05, 4.69) is 16.0 Å². The number of primary amides is 1. The number of carboxylic acid groups (broad SMARTS) is 2. The maximum Gasteiger partial charge on any atom is 0.326 e. The third-order valence-corrected chi connectivity index (χ3v) is 4.57. The van der Waals surface area contributed by atoms with E-state index in [1.54, 1.807) is 13.8 Å². The van der Waals surface area contributed by atoms with Gasteiger partial charge in [-0.3, -0.25) is 24.0 Å². The minimum atomic E-state index is -1.46. The van der Waals surface area contributed by atoms with Gasteiger partial charge in [-0.15, -0.1) is 0 Å². The van der Waals surface area contributed by atoms with Gasteiger partial charge in [-0.25, -0.2) is 4.79 Å². The van der Waals surface area contributed by atoms with Gasteiger partial charge in [-0.2, -0.15) is 0 Å². The van der Waals surface area contributed by atoms with E-state index in [1.165, 1.54) is 0 Å². The number of aliphatic carboxylic acids is 2. The minimum Gasteiger partial charge on any atom is -0.481 e. The SMILES string of the molecule is CCC(C)C(NC(=O)C(CCC(N)=O)NC(=O)CN)C(=O)NC(CCC(=O)O)C(=O)O. The summed E-state index contributed by atoms with van der Waals surface area (Å²) in [5, 5.41) is 25.0. The molecule has 0 aliphatic carbocycles. The summed E-state index contributed by atoms with van der Waals surface area (Å²) in [6, 6.07) is -3.82. The van der Waals surface area contributed by atoms with Gasteiger partial charge in [-0.1, -0.05) is 20.3 Å². The second-order valence-corrected chi connectivity index (χ2v) is 7.03. The monoisotopic (exact) mass is 445 g/mol. The predicted molar refractivity (Wildman–Crippen MR) is 107 cm³/mol. The molecule has 0 bridgehead atoms. The zero-order chi connectivity index (χ0) is 24.1. The van der Waals surface area contributed by atoms with Gasteiger partial charge in [0.25, 0.3) is 0 Å². The molecule has 4 amide bonds. The molecule has 4 atom stereocenters. The topological polar surface area (TPSA) is 231 Å². The third-order valence-electron chi connectivity index (χ3n) is 4.57. The second-order valence-electron chi connectivity index (χ2n) is 7.03. The van der Waals surface area contributed by atoms with Crippen LogP contribution in [0.25, 0.3) is 0 Å². The summed E-state index contributed by atoms with van der Waals surface area (Å²) in [6.45, 7) is 2.99. The van der Waals surface area contributed by atoms with Crippen LogP contribution in [0.15, 0.2) is 0 Å². The molecule has 0 heterocycles. The van der Waals surface area contributed by atoms with Crippen molar-refractivity contribution < 1.29 is 39.0 Å². The molecule has 0 aromatic rings. The van der Waals surface area contributed by atoms with Crippen LogP contribution in [0.1, 0.15) is 46.0 Å². The van der Waals surface area contributed by atoms with E-state index in [4.69, 9.17) is 16.6 Å². The van der Waals surface area contributed by atoms with Crippen molar-refractivity contribution in [2.45, 2.75) is 64.1 Å². The average molecular weight is 445 g/mol. The number of carboxylic acids is 2. The summed E-state index contributed by atoms with van der Waals surface area (Å²) in [7, 11) is 0. The van der Waals surface area contributed by atoms with E-state index < -0.39 is 72.6 Å². The van der Waals surface area contributed by atoms with E-state index in [9.17, 15) is 33.9 Å². The number of carbonyl (C=O) groups excluding carboxylic acids is 4. The van der Waals surface area contributed by atoms with E-state index >= 15 is 0 Å². The first-order valence-electron chi connectivity index (χ1n) is 9.75. The number of hydrogen-bond acceptors (Lipinski definition) is 7. The second kappa shape index (κ2) is 13.9. The number of nitrogens with two attached hydrogens (primary N) is 2. The number of amides is 4. The maximum absolute atomic E-state index is 12.7. The lowest BCUT2D eigenvalue weighted by Gasteiger charge is -2.27. The van der Waals surface area contributed by atoms with Gasteiger partial charge >= 0.3 is 11.9 Å². The third kappa shape index (κ3) is 10.9.